The Balaban J connectivity index is 1.76. The Kier molecular flexibility index (Phi) is 12.3. The van der Waals surface area contributed by atoms with Crippen molar-refractivity contribution in [2.24, 2.45) is 10.7 Å². The number of carbonyl (C=O) groups excluding carboxylic acids is 2. The lowest BCUT2D eigenvalue weighted by molar-refractivity contribution is -0.127. The molecule has 0 aromatic rings. The van der Waals surface area contributed by atoms with E-state index >= 15 is 0 Å². The minimum absolute atomic E-state index is 0.0588. The number of allylic oxidation sites excluding steroid dienone is 8. The number of amides is 2. The molecule has 0 spiro atoms. The molecular weight excluding hydrogens is 512 g/mol. The van der Waals surface area contributed by atoms with Crippen LogP contribution in [0, 0.1) is 0 Å². The molecule has 0 fully saturated rings. The molecule has 3 aliphatic rings. The lowest BCUT2D eigenvalue weighted by atomic mass is 10.00. The monoisotopic (exact) mass is 552 g/mol. The molecule has 0 saturated heterocycles. The Labute approximate surface area is 236 Å². The highest BCUT2D eigenvalue weighted by Gasteiger charge is 2.22. The number of thioether (sulfide) groups is 2. The van der Waals surface area contributed by atoms with Gasteiger partial charge in [0, 0.05) is 60.2 Å². The Morgan fingerprint density at radius 3 is 2.74 bits per heavy atom. The van der Waals surface area contributed by atoms with Crippen LogP contribution >= 0.6 is 23.5 Å². The van der Waals surface area contributed by atoms with E-state index in [0.29, 0.717) is 30.8 Å². The number of amidine groups is 1. The van der Waals surface area contributed by atoms with Gasteiger partial charge in [-0.25, -0.2) is 4.99 Å². The van der Waals surface area contributed by atoms with Crippen molar-refractivity contribution in [3.05, 3.63) is 82.1 Å². The smallest absolute Gasteiger partial charge is 0.250 e. The summed E-state index contributed by atoms with van der Waals surface area (Å²) < 4.78 is 0. The van der Waals surface area contributed by atoms with Crippen molar-refractivity contribution in [3.8, 4) is 0 Å². The molecule has 1 atom stereocenters. The van der Waals surface area contributed by atoms with Crippen LogP contribution in [0.3, 0.4) is 0 Å². The van der Waals surface area contributed by atoms with Crippen molar-refractivity contribution in [1.29, 1.82) is 0 Å². The molecule has 2 heterocycles. The van der Waals surface area contributed by atoms with Crippen LogP contribution in [0.1, 0.15) is 46.0 Å². The molecule has 2 amide bonds. The maximum atomic E-state index is 13.3. The Bertz CT molecular complexity index is 1110. The minimum Gasteiger partial charge on any atom is -0.387 e. The second-order valence-corrected chi connectivity index (χ2v) is 11.6. The zero-order chi connectivity index (χ0) is 27.3. The fraction of sp³-hybridized carbons (Fsp3) is 0.433. The van der Waals surface area contributed by atoms with Crippen LogP contribution in [-0.2, 0) is 9.59 Å². The fourth-order valence-corrected chi connectivity index (χ4v) is 5.91. The van der Waals surface area contributed by atoms with Crippen LogP contribution in [0.2, 0.25) is 0 Å². The molecule has 2 N–H and O–H groups in total. The molecule has 1 unspecified atom stereocenters. The number of hydrogen-bond acceptors (Lipinski definition) is 6. The third kappa shape index (κ3) is 8.67. The second kappa shape index (κ2) is 15.6. The van der Waals surface area contributed by atoms with Gasteiger partial charge in [0.2, 0.25) is 12.3 Å². The van der Waals surface area contributed by atoms with E-state index in [4.69, 9.17) is 10.7 Å². The first-order valence-electron chi connectivity index (χ1n) is 13.3. The van der Waals surface area contributed by atoms with E-state index in [1.165, 1.54) is 10.5 Å². The predicted octanol–water partition coefficient (Wildman–Crippen LogP) is 5.74. The van der Waals surface area contributed by atoms with Crippen molar-refractivity contribution in [1.82, 2.24) is 9.80 Å². The predicted molar refractivity (Wildman–Crippen MR) is 164 cm³/mol. The standard InChI is InChI=1S/C30H40N4O2S2/c1-4-15-34(16-5-2)30(36)25-20-24-9-6-8-23(12-13-27(24)32-29(31)21-25)28-11-7-10-26(38-28)14-17-33(22-35)18-19-37-3/h6-7,9-12,14,17,20,22,26H,4-5,8,13,15-16,18-19,21H2,1-3H3,(H2,31,32)/b9-6?,17-14-,23-12+. The van der Waals surface area contributed by atoms with E-state index in [-0.39, 0.29) is 11.2 Å². The van der Waals surface area contributed by atoms with E-state index in [9.17, 15) is 9.59 Å². The molecule has 0 aromatic carbocycles. The Morgan fingerprint density at radius 2 is 2.03 bits per heavy atom. The van der Waals surface area contributed by atoms with E-state index in [1.54, 1.807) is 28.4 Å². The lowest BCUT2D eigenvalue weighted by Crippen LogP contribution is -2.34. The van der Waals surface area contributed by atoms with Gasteiger partial charge in [-0.15, -0.1) is 11.8 Å². The number of aliphatic imine (C=N–C) groups is 1. The molecule has 0 radical (unpaired) electrons. The van der Waals surface area contributed by atoms with Crippen LogP contribution in [0.5, 0.6) is 0 Å². The van der Waals surface area contributed by atoms with E-state index in [1.807, 2.05) is 23.4 Å². The molecule has 1 aliphatic carbocycles. The summed E-state index contributed by atoms with van der Waals surface area (Å²) in [6.07, 6.45) is 25.4. The van der Waals surface area contributed by atoms with Crippen molar-refractivity contribution in [3.63, 3.8) is 0 Å². The Hall–Kier alpha value is -2.71. The number of nitrogens with two attached hydrogens (primary N) is 1. The summed E-state index contributed by atoms with van der Waals surface area (Å²) in [6, 6.07) is 0. The first-order chi connectivity index (χ1) is 18.5. The van der Waals surface area contributed by atoms with Gasteiger partial charge in [0.05, 0.1) is 5.70 Å². The summed E-state index contributed by atoms with van der Waals surface area (Å²) in [5.74, 6) is 1.45. The summed E-state index contributed by atoms with van der Waals surface area (Å²) in [7, 11) is 0. The first kappa shape index (κ1) is 29.8. The van der Waals surface area contributed by atoms with Gasteiger partial charge >= 0.3 is 0 Å². The van der Waals surface area contributed by atoms with Gasteiger partial charge in [0.1, 0.15) is 5.84 Å². The molecule has 6 nitrogen and oxygen atoms in total. The second-order valence-electron chi connectivity index (χ2n) is 9.36. The van der Waals surface area contributed by atoms with Crippen molar-refractivity contribution in [2.75, 3.05) is 31.6 Å². The van der Waals surface area contributed by atoms with E-state index in [2.05, 4.69) is 56.4 Å². The highest BCUT2D eigenvalue weighted by Crippen LogP contribution is 2.36. The number of carbonyl (C=O) groups is 2. The molecule has 3 rings (SSSR count). The van der Waals surface area contributed by atoms with E-state index < -0.39 is 0 Å². The van der Waals surface area contributed by atoms with Crippen molar-refractivity contribution < 1.29 is 9.59 Å². The summed E-state index contributed by atoms with van der Waals surface area (Å²) in [5.41, 5.74) is 10.1. The molecule has 2 aliphatic heterocycles. The van der Waals surface area contributed by atoms with Crippen LogP contribution in [0.4, 0.5) is 0 Å². The zero-order valence-corrected chi connectivity index (χ0v) is 24.4. The molecule has 204 valence electrons. The maximum Gasteiger partial charge on any atom is 0.250 e. The SMILES string of the molecule is CCCN(CCC)C(=O)C1=CC2=C(C/C=C(/C3=CC=CC(/C=C\N(C=O)CCSC)S3)CC=C2)N=C(N)C1. The number of nitrogens with zero attached hydrogens (tertiary/aromatic N) is 3. The zero-order valence-electron chi connectivity index (χ0n) is 22.8. The quantitative estimate of drug-likeness (QED) is 0.312. The molecule has 0 aromatic heterocycles. The Morgan fingerprint density at radius 1 is 1.24 bits per heavy atom. The average Bonchev–Trinajstić information content (AvgIpc) is 3.06. The number of rotatable bonds is 12. The van der Waals surface area contributed by atoms with E-state index in [0.717, 1.165) is 55.8 Å². The van der Waals surface area contributed by atoms with Crippen LogP contribution in [0.15, 0.2) is 87.1 Å². The number of hydrogen-bond donors (Lipinski definition) is 1. The third-order valence-corrected chi connectivity index (χ3v) is 8.15. The maximum absolute atomic E-state index is 13.3. The highest BCUT2D eigenvalue weighted by atomic mass is 32.2. The summed E-state index contributed by atoms with van der Waals surface area (Å²) in [5, 5.41) is 0.161. The molecule has 0 bridgehead atoms. The highest BCUT2D eigenvalue weighted by molar-refractivity contribution is 8.04. The molecular formula is C30H40N4O2S2. The normalized spacial score (nSPS) is 20.9. The lowest BCUT2D eigenvalue weighted by Gasteiger charge is -2.22. The van der Waals surface area contributed by atoms with Gasteiger partial charge in [-0.2, -0.15) is 11.8 Å². The van der Waals surface area contributed by atoms with Crippen molar-refractivity contribution >= 4 is 41.7 Å². The molecule has 38 heavy (non-hydrogen) atoms. The van der Waals surface area contributed by atoms with Crippen molar-refractivity contribution in [2.45, 2.75) is 51.2 Å². The average molecular weight is 553 g/mol. The van der Waals surface area contributed by atoms with Gasteiger partial charge in [-0.3, -0.25) is 9.59 Å². The van der Waals surface area contributed by atoms with Crippen LogP contribution in [0.25, 0.3) is 0 Å². The van der Waals surface area contributed by atoms with Crippen LogP contribution in [-0.4, -0.2) is 64.8 Å². The summed E-state index contributed by atoms with van der Waals surface area (Å²) >= 11 is 3.51. The fourth-order valence-electron chi connectivity index (χ4n) is 4.43. The topological polar surface area (TPSA) is 79.0 Å². The third-order valence-electron chi connectivity index (χ3n) is 6.32. The first-order valence-corrected chi connectivity index (χ1v) is 15.6. The summed E-state index contributed by atoms with van der Waals surface area (Å²) in [4.78, 5) is 34.2. The van der Waals surface area contributed by atoms with Gasteiger partial charge in [0.15, 0.2) is 0 Å². The van der Waals surface area contributed by atoms with Gasteiger partial charge < -0.3 is 15.5 Å². The largest absolute Gasteiger partial charge is 0.387 e. The minimum atomic E-state index is 0.0588. The van der Waals surface area contributed by atoms with Gasteiger partial charge in [-0.1, -0.05) is 50.3 Å². The molecule has 0 saturated carbocycles. The molecule has 8 heteroatoms. The van der Waals surface area contributed by atoms with Gasteiger partial charge in [0.25, 0.3) is 0 Å². The van der Waals surface area contributed by atoms with Gasteiger partial charge in [-0.05, 0) is 48.8 Å². The summed E-state index contributed by atoms with van der Waals surface area (Å²) in [6.45, 7) is 6.39. The van der Waals surface area contributed by atoms with Crippen LogP contribution < -0.4 is 5.73 Å².